The summed E-state index contributed by atoms with van der Waals surface area (Å²) < 4.78 is 1.33. The molecule has 0 bridgehead atoms. The Labute approximate surface area is 135 Å². The molecule has 1 aromatic carbocycles. The minimum absolute atomic E-state index is 0.212. The lowest BCUT2D eigenvalue weighted by molar-refractivity contribution is 0.468. The maximum absolute atomic E-state index is 9.68. The van der Waals surface area contributed by atoms with E-state index in [-0.39, 0.29) is 5.75 Å². The van der Waals surface area contributed by atoms with Gasteiger partial charge in [0.05, 0.1) is 14.6 Å². The van der Waals surface area contributed by atoms with E-state index in [0.717, 1.165) is 16.8 Å². The molecule has 2 nitrogen and oxygen atoms in total. The average molecular weight is 395 g/mol. The Bertz CT molecular complexity index is 640. The zero-order valence-electron chi connectivity index (χ0n) is 10.8. The van der Waals surface area contributed by atoms with Gasteiger partial charge in [-0.3, -0.25) is 4.98 Å². The first-order valence-corrected chi connectivity index (χ1v) is 7.60. The van der Waals surface area contributed by atoms with Gasteiger partial charge in [0.2, 0.25) is 0 Å². The number of phenols is 1. The number of allylic oxidation sites excluding steroid dienone is 2. The summed E-state index contributed by atoms with van der Waals surface area (Å²) in [6.45, 7) is 2.02. The molecule has 0 aliphatic rings. The Hall–Kier alpha value is -1.39. The third kappa shape index (κ3) is 4.05. The standard InChI is InChI=1S/C16H13Br2NO/c1-11(5-6-13-4-2-3-7-19-13)8-12-9-14(17)16(20)15(18)10-12/h2-10,20H,1H3/b6-5+,11-8+. The molecular weight excluding hydrogens is 382 g/mol. The highest BCUT2D eigenvalue weighted by atomic mass is 79.9. The molecule has 0 aliphatic heterocycles. The van der Waals surface area contributed by atoms with Crippen LogP contribution in [0.5, 0.6) is 5.75 Å². The summed E-state index contributed by atoms with van der Waals surface area (Å²) in [4.78, 5) is 4.24. The van der Waals surface area contributed by atoms with Gasteiger partial charge in [-0.15, -0.1) is 0 Å². The third-order valence-electron chi connectivity index (χ3n) is 2.64. The van der Waals surface area contributed by atoms with E-state index in [4.69, 9.17) is 0 Å². The highest BCUT2D eigenvalue weighted by Gasteiger charge is 2.04. The van der Waals surface area contributed by atoms with E-state index in [0.29, 0.717) is 8.95 Å². The SMILES string of the molecule is CC(/C=C/c1ccccn1)=C\c1cc(Br)c(O)c(Br)c1. The van der Waals surface area contributed by atoms with E-state index in [1.54, 1.807) is 6.20 Å². The number of nitrogens with zero attached hydrogens (tertiary/aromatic N) is 1. The van der Waals surface area contributed by atoms with Crippen LogP contribution in [0, 0.1) is 0 Å². The molecule has 0 saturated heterocycles. The summed E-state index contributed by atoms with van der Waals surface area (Å²) in [5, 5.41) is 9.68. The van der Waals surface area contributed by atoms with Crippen molar-refractivity contribution in [1.82, 2.24) is 4.98 Å². The number of hydrogen-bond acceptors (Lipinski definition) is 2. The molecule has 0 amide bonds. The van der Waals surface area contributed by atoms with Gasteiger partial charge in [0.1, 0.15) is 5.75 Å². The average Bonchev–Trinajstić information content (AvgIpc) is 2.43. The van der Waals surface area contributed by atoms with E-state index >= 15 is 0 Å². The fourth-order valence-corrected chi connectivity index (χ4v) is 2.89. The fraction of sp³-hybridized carbons (Fsp3) is 0.0625. The summed E-state index contributed by atoms with van der Waals surface area (Å²) in [6.07, 6.45) is 7.79. The first-order valence-electron chi connectivity index (χ1n) is 6.01. The number of pyridine rings is 1. The second-order valence-electron chi connectivity index (χ2n) is 4.31. The summed E-state index contributed by atoms with van der Waals surface area (Å²) in [5.74, 6) is 0.212. The minimum atomic E-state index is 0.212. The van der Waals surface area contributed by atoms with E-state index in [2.05, 4.69) is 36.8 Å². The molecule has 2 aromatic rings. The molecule has 20 heavy (non-hydrogen) atoms. The van der Waals surface area contributed by atoms with Crippen LogP contribution in [0.2, 0.25) is 0 Å². The van der Waals surface area contributed by atoms with Gasteiger partial charge in [0.15, 0.2) is 0 Å². The molecule has 0 atom stereocenters. The fourth-order valence-electron chi connectivity index (χ4n) is 1.67. The van der Waals surface area contributed by atoms with Crippen molar-refractivity contribution >= 4 is 44.0 Å². The number of halogens is 2. The predicted octanol–water partition coefficient (Wildman–Crippen LogP) is 5.43. The Kier molecular flexibility index (Phi) is 5.15. The zero-order chi connectivity index (χ0) is 14.5. The highest BCUT2D eigenvalue weighted by molar-refractivity contribution is 9.11. The maximum Gasteiger partial charge on any atom is 0.143 e. The highest BCUT2D eigenvalue weighted by Crippen LogP contribution is 2.33. The molecule has 1 N–H and O–H groups in total. The van der Waals surface area contributed by atoms with Gasteiger partial charge in [-0.05, 0) is 74.7 Å². The van der Waals surface area contributed by atoms with Crippen LogP contribution in [0.25, 0.3) is 12.2 Å². The first-order chi connectivity index (χ1) is 9.56. The molecule has 0 saturated carbocycles. The smallest absolute Gasteiger partial charge is 0.143 e. The summed E-state index contributed by atoms with van der Waals surface area (Å²) in [7, 11) is 0. The summed E-state index contributed by atoms with van der Waals surface area (Å²) in [6, 6.07) is 9.55. The lowest BCUT2D eigenvalue weighted by atomic mass is 10.1. The second kappa shape index (κ2) is 6.86. The predicted molar refractivity (Wildman–Crippen MR) is 90.4 cm³/mol. The molecule has 102 valence electrons. The summed E-state index contributed by atoms with van der Waals surface area (Å²) >= 11 is 6.65. The Morgan fingerprint density at radius 1 is 1.20 bits per heavy atom. The Balaban J connectivity index is 2.21. The molecule has 4 heteroatoms. The quantitative estimate of drug-likeness (QED) is 0.704. The molecular formula is C16H13Br2NO. The molecule has 0 spiro atoms. The Morgan fingerprint density at radius 2 is 1.90 bits per heavy atom. The number of aromatic nitrogens is 1. The van der Waals surface area contributed by atoms with Gasteiger partial charge >= 0.3 is 0 Å². The topological polar surface area (TPSA) is 33.1 Å². The van der Waals surface area contributed by atoms with E-state index < -0.39 is 0 Å². The number of benzene rings is 1. The number of aromatic hydroxyl groups is 1. The van der Waals surface area contributed by atoms with Crippen LogP contribution in [0.4, 0.5) is 0 Å². The molecule has 1 heterocycles. The van der Waals surface area contributed by atoms with Crippen molar-refractivity contribution in [2.45, 2.75) is 6.92 Å². The molecule has 2 rings (SSSR count). The van der Waals surface area contributed by atoms with Crippen molar-refractivity contribution in [3.05, 3.63) is 68.4 Å². The van der Waals surface area contributed by atoms with Gasteiger partial charge in [-0.2, -0.15) is 0 Å². The van der Waals surface area contributed by atoms with Gasteiger partial charge in [-0.25, -0.2) is 0 Å². The van der Waals surface area contributed by atoms with E-state index in [1.165, 1.54) is 0 Å². The number of hydrogen-bond donors (Lipinski definition) is 1. The second-order valence-corrected chi connectivity index (χ2v) is 6.02. The largest absolute Gasteiger partial charge is 0.506 e. The van der Waals surface area contributed by atoms with Crippen LogP contribution < -0.4 is 0 Å². The zero-order valence-corrected chi connectivity index (χ0v) is 14.0. The van der Waals surface area contributed by atoms with E-state index in [9.17, 15) is 5.11 Å². The third-order valence-corrected chi connectivity index (χ3v) is 3.85. The Morgan fingerprint density at radius 3 is 2.50 bits per heavy atom. The first kappa shape index (κ1) is 15.0. The van der Waals surface area contributed by atoms with Gasteiger partial charge < -0.3 is 5.11 Å². The lowest BCUT2D eigenvalue weighted by Crippen LogP contribution is -1.80. The molecule has 1 aromatic heterocycles. The molecule has 0 aliphatic carbocycles. The van der Waals surface area contributed by atoms with Crippen LogP contribution in [-0.2, 0) is 0 Å². The summed E-state index contributed by atoms with van der Waals surface area (Å²) in [5.41, 5.74) is 3.03. The number of phenolic OH excluding ortho intramolecular Hbond substituents is 1. The minimum Gasteiger partial charge on any atom is -0.506 e. The van der Waals surface area contributed by atoms with Crippen molar-refractivity contribution in [3.8, 4) is 5.75 Å². The van der Waals surface area contributed by atoms with Crippen molar-refractivity contribution in [3.63, 3.8) is 0 Å². The van der Waals surface area contributed by atoms with Crippen LogP contribution in [-0.4, -0.2) is 10.1 Å². The monoisotopic (exact) mass is 393 g/mol. The van der Waals surface area contributed by atoms with Crippen molar-refractivity contribution in [1.29, 1.82) is 0 Å². The van der Waals surface area contributed by atoms with Gasteiger partial charge in [0.25, 0.3) is 0 Å². The normalized spacial score (nSPS) is 12.1. The molecule has 0 unspecified atom stereocenters. The number of rotatable bonds is 3. The van der Waals surface area contributed by atoms with Crippen LogP contribution in [0.3, 0.4) is 0 Å². The van der Waals surface area contributed by atoms with Gasteiger partial charge in [0, 0.05) is 6.20 Å². The van der Waals surface area contributed by atoms with Gasteiger partial charge in [-0.1, -0.05) is 23.8 Å². The van der Waals surface area contributed by atoms with E-state index in [1.807, 2.05) is 55.5 Å². The van der Waals surface area contributed by atoms with Crippen LogP contribution >= 0.6 is 31.9 Å². The van der Waals surface area contributed by atoms with Crippen LogP contribution in [0.15, 0.2) is 57.1 Å². The van der Waals surface area contributed by atoms with Crippen LogP contribution in [0.1, 0.15) is 18.2 Å². The molecule has 0 fully saturated rings. The maximum atomic E-state index is 9.68. The van der Waals surface area contributed by atoms with Crippen molar-refractivity contribution in [2.24, 2.45) is 0 Å². The van der Waals surface area contributed by atoms with Crippen molar-refractivity contribution in [2.75, 3.05) is 0 Å². The van der Waals surface area contributed by atoms with Crippen molar-refractivity contribution < 1.29 is 5.11 Å². The lowest BCUT2D eigenvalue weighted by Gasteiger charge is -2.03. The molecule has 0 radical (unpaired) electrons.